The maximum atomic E-state index is 12.5. The number of hydrogen-bond donors (Lipinski definition) is 1. The van der Waals surface area contributed by atoms with Crippen LogP contribution >= 0.6 is 0 Å². The van der Waals surface area contributed by atoms with Gasteiger partial charge in [-0.2, -0.15) is 0 Å². The van der Waals surface area contributed by atoms with Gasteiger partial charge in [0.15, 0.2) is 11.5 Å². The molecule has 0 spiro atoms. The fraction of sp³-hybridized carbons (Fsp3) is 0.409. The number of carbonyl (C=O) groups is 1. The number of nitrogens with one attached hydrogen (secondary N) is 1. The number of fused-ring (bicyclic) bond motifs is 1. The quantitative estimate of drug-likeness (QED) is 0.813. The second-order valence-electron chi connectivity index (χ2n) is 6.77. The summed E-state index contributed by atoms with van der Waals surface area (Å²) in [6, 6.07) is 12.4. The second-order valence-corrected chi connectivity index (χ2v) is 6.77. The van der Waals surface area contributed by atoms with E-state index in [2.05, 4.69) is 29.6 Å². The SMILES string of the molecule is COc1ccc(CCC(=O)N[C@@H]2CCc3ccccc3C2)c(OC)c1OC. The average Bonchev–Trinajstić information content (AvgIpc) is 2.71. The summed E-state index contributed by atoms with van der Waals surface area (Å²) in [5.74, 6) is 1.86. The molecule has 5 heteroatoms. The number of methoxy groups -OCH3 is 3. The maximum Gasteiger partial charge on any atom is 0.220 e. The van der Waals surface area contributed by atoms with E-state index in [9.17, 15) is 4.79 Å². The molecular formula is C22H27NO4. The van der Waals surface area contributed by atoms with E-state index in [1.807, 2.05) is 12.1 Å². The van der Waals surface area contributed by atoms with Crippen LogP contribution in [-0.4, -0.2) is 33.3 Å². The lowest BCUT2D eigenvalue weighted by atomic mass is 9.88. The van der Waals surface area contributed by atoms with Crippen LogP contribution in [-0.2, 0) is 24.1 Å². The van der Waals surface area contributed by atoms with Crippen LogP contribution in [0.3, 0.4) is 0 Å². The summed E-state index contributed by atoms with van der Waals surface area (Å²) >= 11 is 0. The van der Waals surface area contributed by atoms with Gasteiger partial charge in [-0.15, -0.1) is 0 Å². The summed E-state index contributed by atoms with van der Waals surface area (Å²) in [5.41, 5.74) is 3.67. The number of amides is 1. The zero-order chi connectivity index (χ0) is 19.2. The first kappa shape index (κ1) is 19.1. The Labute approximate surface area is 160 Å². The van der Waals surface area contributed by atoms with Crippen molar-refractivity contribution in [2.45, 2.75) is 38.1 Å². The van der Waals surface area contributed by atoms with E-state index < -0.39 is 0 Å². The Hall–Kier alpha value is -2.69. The zero-order valence-electron chi connectivity index (χ0n) is 16.2. The molecule has 1 amide bonds. The van der Waals surface area contributed by atoms with Crippen molar-refractivity contribution in [2.75, 3.05) is 21.3 Å². The Morgan fingerprint density at radius 1 is 1.00 bits per heavy atom. The fourth-order valence-electron chi connectivity index (χ4n) is 3.73. The molecule has 1 aliphatic rings. The van der Waals surface area contributed by atoms with Crippen molar-refractivity contribution in [3.8, 4) is 17.2 Å². The van der Waals surface area contributed by atoms with Gasteiger partial charge in [0, 0.05) is 12.5 Å². The summed E-state index contributed by atoms with van der Waals surface area (Å²) in [6.45, 7) is 0. The van der Waals surface area contributed by atoms with Gasteiger partial charge in [0.25, 0.3) is 0 Å². The Balaban J connectivity index is 1.60. The maximum absolute atomic E-state index is 12.5. The van der Waals surface area contributed by atoms with Crippen LogP contribution in [0.25, 0.3) is 0 Å². The normalized spacial score (nSPS) is 15.6. The molecule has 0 bridgehead atoms. The number of rotatable bonds is 7. The molecule has 0 saturated heterocycles. The standard InChI is InChI=1S/C22H27NO4/c1-25-19-12-9-16(21(26-2)22(19)27-3)10-13-20(24)23-18-11-8-15-6-4-5-7-17(15)14-18/h4-7,9,12,18H,8,10-11,13-14H2,1-3H3,(H,23,24)/t18-/m1/s1. The summed E-state index contributed by atoms with van der Waals surface area (Å²) < 4.78 is 16.2. The second kappa shape index (κ2) is 8.80. The van der Waals surface area contributed by atoms with Crippen molar-refractivity contribution in [3.05, 3.63) is 53.1 Å². The van der Waals surface area contributed by atoms with E-state index in [4.69, 9.17) is 14.2 Å². The third kappa shape index (κ3) is 4.35. The molecule has 1 N–H and O–H groups in total. The summed E-state index contributed by atoms with van der Waals surface area (Å²) in [6.07, 6.45) is 3.90. The zero-order valence-corrected chi connectivity index (χ0v) is 16.2. The molecule has 5 nitrogen and oxygen atoms in total. The Morgan fingerprint density at radius 3 is 2.44 bits per heavy atom. The van der Waals surface area contributed by atoms with Crippen molar-refractivity contribution >= 4 is 5.91 Å². The van der Waals surface area contributed by atoms with Gasteiger partial charge in [-0.3, -0.25) is 4.79 Å². The van der Waals surface area contributed by atoms with Gasteiger partial charge in [-0.25, -0.2) is 0 Å². The predicted octanol–water partition coefficient (Wildman–Crippen LogP) is 3.32. The number of hydrogen-bond acceptors (Lipinski definition) is 4. The van der Waals surface area contributed by atoms with Gasteiger partial charge in [-0.1, -0.05) is 30.3 Å². The van der Waals surface area contributed by atoms with Crippen molar-refractivity contribution in [3.63, 3.8) is 0 Å². The molecule has 27 heavy (non-hydrogen) atoms. The third-order valence-corrected chi connectivity index (χ3v) is 5.12. The molecule has 144 valence electrons. The molecular weight excluding hydrogens is 342 g/mol. The highest BCUT2D eigenvalue weighted by Crippen LogP contribution is 2.40. The van der Waals surface area contributed by atoms with Crippen LogP contribution in [0.15, 0.2) is 36.4 Å². The minimum atomic E-state index is 0.0659. The van der Waals surface area contributed by atoms with E-state index in [0.717, 1.165) is 24.8 Å². The Bertz CT molecular complexity index is 803. The van der Waals surface area contributed by atoms with Crippen LogP contribution in [0.1, 0.15) is 29.5 Å². The third-order valence-electron chi connectivity index (χ3n) is 5.12. The lowest BCUT2D eigenvalue weighted by Gasteiger charge is -2.25. The molecule has 0 radical (unpaired) electrons. The molecule has 3 rings (SSSR count). The van der Waals surface area contributed by atoms with Gasteiger partial charge in [0.05, 0.1) is 21.3 Å². The van der Waals surface area contributed by atoms with Gasteiger partial charge in [-0.05, 0) is 48.4 Å². The largest absolute Gasteiger partial charge is 0.493 e. The fourth-order valence-corrected chi connectivity index (χ4v) is 3.73. The van der Waals surface area contributed by atoms with Crippen LogP contribution in [0.4, 0.5) is 0 Å². The van der Waals surface area contributed by atoms with Gasteiger partial charge < -0.3 is 19.5 Å². The van der Waals surface area contributed by atoms with Crippen molar-refractivity contribution in [1.29, 1.82) is 0 Å². The molecule has 0 unspecified atom stereocenters. The molecule has 1 aliphatic carbocycles. The monoisotopic (exact) mass is 369 g/mol. The van der Waals surface area contributed by atoms with Gasteiger partial charge in [0.2, 0.25) is 11.7 Å². The van der Waals surface area contributed by atoms with Crippen LogP contribution < -0.4 is 19.5 Å². The highest BCUT2D eigenvalue weighted by molar-refractivity contribution is 5.77. The van der Waals surface area contributed by atoms with Crippen molar-refractivity contribution in [1.82, 2.24) is 5.32 Å². The van der Waals surface area contributed by atoms with E-state index in [1.165, 1.54) is 11.1 Å². The predicted molar refractivity (Wildman–Crippen MR) is 105 cm³/mol. The lowest BCUT2D eigenvalue weighted by molar-refractivity contribution is -0.121. The molecule has 2 aromatic rings. The number of aryl methyl sites for hydroxylation is 2. The van der Waals surface area contributed by atoms with E-state index in [0.29, 0.717) is 30.1 Å². The number of ether oxygens (including phenoxy) is 3. The molecule has 1 atom stereocenters. The molecule has 0 aliphatic heterocycles. The molecule has 0 saturated carbocycles. The summed E-state index contributed by atoms with van der Waals surface area (Å²) in [5, 5.41) is 3.18. The first-order valence-electron chi connectivity index (χ1n) is 9.30. The number of benzene rings is 2. The van der Waals surface area contributed by atoms with E-state index in [1.54, 1.807) is 21.3 Å². The first-order valence-corrected chi connectivity index (χ1v) is 9.30. The topological polar surface area (TPSA) is 56.8 Å². The lowest BCUT2D eigenvalue weighted by Crippen LogP contribution is -2.38. The minimum absolute atomic E-state index is 0.0659. The van der Waals surface area contributed by atoms with Crippen LogP contribution in [0.2, 0.25) is 0 Å². The smallest absolute Gasteiger partial charge is 0.220 e. The van der Waals surface area contributed by atoms with Gasteiger partial charge >= 0.3 is 0 Å². The minimum Gasteiger partial charge on any atom is -0.493 e. The molecule has 0 aromatic heterocycles. The Kier molecular flexibility index (Phi) is 6.22. The van der Waals surface area contributed by atoms with Crippen molar-refractivity contribution < 1.29 is 19.0 Å². The summed E-state index contributed by atoms with van der Waals surface area (Å²) in [4.78, 5) is 12.5. The first-order chi connectivity index (χ1) is 13.2. The molecule has 0 heterocycles. The molecule has 0 fully saturated rings. The van der Waals surface area contributed by atoms with Crippen LogP contribution in [0, 0.1) is 0 Å². The summed E-state index contributed by atoms with van der Waals surface area (Å²) in [7, 11) is 4.77. The van der Waals surface area contributed by atoms with Crippen molar-refractivity contribution in [2.24, 2.45) is 0 Å². The van der Waals surface area contributed by atoms with Crippen LogP contribution in [0.5, 0.6) is 17.2 Å². The Morgan fingerprint density at radius 2 is 1.74 bits per heavy atom. The highest BCUT2D eigenvalue weighted by atomic mass is 16.5. The highest BCUT2D eigenvalue weighted by Gasteiger charge is 2.21. The average molecular weight is 369 g/mol. The van der Waals surface area contributed by atoms with Gasteiger partial charge in [0.1, 0.15) is 0 Å². The van der Waals surface area contributed by atoms with E-state index >= 15 is 0 Å². The molecule has 2 aromatic carbocycles. The van der Waals surface area contributed by atoms with E-state index in [-0.39, 0.29) is 11.9 Å². The number of carbonyl (C=O) groups excluding carboxylic acids is 1.